The molecule has 0 fully saturated rings. The molecule has 1 atom stereocenters. The van der Waals surface area contributed by atoms with Gasteiger partial charge >= 0.3 is 0 Å². The van der Waals surface area contributed by atoms with Gasteiger partial charge in [0.1, 0.15) is 5.78 Å². The quantitative estimate of drug-likeness (QED) is 0.649. The second-order valence-electron chi connectivity index (χ2n) is 5.78. The smallest absolute Gasteiger partial charge is 0.130 e. The van der Waals surface area contributed by atoms with E-state index in [1.807, 2.05) is 0 Å². The van der Waals surface area contributed by atoms with Gasteiger partial charge in [-0.2, -0.15) is 0 Å². The van der Waals surface area contributed by atoms with Crippen LogP contribution in [0.2, 0.25) is 0 Å². The van der Waals surface area contributed by atoms with Crippen LogP contribution >= 0.6 is 0 Å². The number of carbonyl (C=O) groups excluding carboxylic acids is 1. The van der Waals surface area contributed by atoms with Gasteiger partial charge < -0.3 is 4.79 Å². The molecule has 0 bridgehead atoms. The third-order valence-corrected chi connectivity index (χ3v) is 2.49. The highest BCUT2D eigenvalue weighted by Crippen LogP contribution is 2.38. The van der Waals surface area contributed by atoms with Crippen molar-refractivity contribution in [1.82, 2.24) is 0 Å². The molecular weight excluding hydrogens is 160 g/mol. The van der Waals surface area contributed by atoms with Gasteiger partial charge in [-0.05, 0) is 24.2 Å². The Balaban J connectivity index is 4.36. The highest BCUT2D eigenvalue weighted by atomic mass is 16.1. The first kappa shape index (κ1) is 12.7. The molecule has 0 heterocycles. The second kappa shape index (κ2) is 4.26. The molecule has 78 valence electrons. The summed E-state index contributed by atoms with van der Waals surface area (Å²) in [6.45, 7) is 12.8. The van der Waals surface area contributed by atoms with Crippen molar-refractivity contribution in [2.75, 3.05) is 0 Å². The van der Waals surface area contributed by atoms with Gasteiger partial charge in [0.15, 0.2) is 0 Å². The van der Waals surface area contributed by atoms with Crippen LogP contribution in [0.1, 0.15) is 60.8 Å². The first-order chi connectivity index (χ1) is 5.68. The largest absolute Gasteiger partial charge is 0.300 e. The molecule has 1 nitrogen and oxygen atoms in total. The molecule has 0 spiro atoms. The lowest BCUT2D eigenvalue weighted by atomic mass is 9.71. The Hall–Kier alpha value is -0.330. The number of hydrogen-bond acceptors (Lipinski definition) is 1. The maximum atomic E-state index is 11.1. The van der Waals surface area contributed by atoms with Crippen LogP contribution in [0.4, 0.5) is 0 Å². The first-order valence-corrected chi connectivity index (χ1v) is 5.18. The summed E-state index contributed by atoms with van der Waals surface area (Å²) >= 11 is 0. The summed E-state index contributed by atoms with van der Waals surface area (Å²) in [6.07, 6.45) is 2.93. The summed E-state index contributed by atoms with van der Waals surface area (Å²) < 4.78 is 0. The van der Waals surface area contributed by atoms with Crippen molar-refractivity contribution < 1.29 is 4.79 Å². The van der Waals surface area contributed by atoms with Crippen molar-refractivity contribution in [3.8, 4) is 0 Å². The van der Waals surface area contributed by atoms with Crippen LogP contribution in [-0.4, -0.2) is 5.78 Å². The lowest BCUT2D eigenvalue weighted by molar-refractivity contribution is -0.119. The van der Waals surface area contributed by atoms with E-state index in [1.165, 1.54) is 0 Å². The fourth-order valence-corrected chi connectivity index (χ4v) is 2.19. The maximum Gasteiger partial charge on any atom is 0.130 e. The summed E-state index contributed by atoms with van der Waals surface area (Å²) in [7, 11) is 0. The Morgan fingerprint density at radius 3 is 1.85 bits per heavy atom. The van der Waals surface area contributed by atoms with Gasteiger partial charge in [0.05, 0.1) is 0 Å². The second-order valence-corrected chi connectivity index (χ2v) is 5.78. The zero-order chi connectivity index (χ0) is 10.7. The lowest BCUT2D eigenvalue weighted by Gasteiger charge is -2.34. The molecule has 1 unspecified atom stereocenters. The van der Waals surface area contributed by atoms with Crippen molar-refractivity contribution in [2.24, 2.45) is 10.8 Å². The number of carbonyl (C=O) groups is 1. The molecule has 0 N–H and O–H groups in total. The highest BCUT2D eigenvalue weighted by molar-refractivity contribution is 5.76. The molecule has 0 radical (unpaired) electrons. The summed E-state index contributed by atoms with van der Waals surface area (Å²) in [4.78, 5) is 11.1. The minimum Gasteiger partial charge on any atom is -0.300 e. The van der Waals surface area contributed by atoms with E-state index in [4.69, 9.17) is 0 Å². The molecule has 0 aliphatic rings. The predicted octanol–water partition coefficient (Wildman–Crippen LogP) is 3.82. The average molecular weight is 184 g/mol. The van der Waals surface area contributed by atoms with Crippen molar-refractivity contribution in [2.45, 2.75) is 60.8 Å². The molecule has 0 aromatic heterocycles. The van der Waals surface area contributed by atoms with Crippen LogP contribution in [0, 0.1) is 10.8 Å². The fraction of sp³-hybridized carbons (Fsp3) is 0.917. The van der Waals surface area contributed by atoms with Crippen molar-refractivity contribution in [3.63, 3.8) is 0 Å². The topological polar surface area (TPSA) is 17.1 Å². The van der Waals surface area contributed by atoms with Crippen LogP contribution in [0.3, 0.4) is 0 Å². The number of Topliss-reactive ketones (excluding diaryl/α,β-unsaturated/α-hetero) is 1. The lowest BCUT2D eigenvalue weighted by Crippen LogP contribution is -2.25. The zero-order valence-corrected chi connectivity index (χ0v) is 10.0. The van der Waals surface area contributed by atoms with Gasteiger partial charge in [-0.25, -0.2) is 0 Å². The Morgan fingerprint density at radius 1 is 1.15 bits per heavy atom. The van der Waals surface area contributed by atoms with Gasteiger partial charge in [0.2, 0.25) is 0 Å². The van der Waals surface area contributed by atoms with Gasteiger partial charge in [-0.3, -0.25) is 0 Å². The van der Waals surface area contributed by atoms with E-state index in [2.05, 4.69) is 34.6 Å². The molecule has 0 rings (SSSR count). The third-order valence-electron chi connectivity index (χ3n) is 2.49. The van der Waals surface area contributed by atoms with Crippen LogP contribution in [0.25, 0.3) is 0 Å². The molecule has 0 aliphatic heterocycles. The molecule has 0 aliphatic carbocycles. The zero-order valence-electron chi connectivity index (χ0n) is 10.0. The summed E-state index contributed by atoms with van der Waals surface area (Å²) in [5.41, 5.74) is 0.518. The molecule has 13 heavy (non-hydrogen) atoms. The molecule has 0 saturated heterocycles. The maximum absolute atomic E-state index is 11.1. The van der Waals surface area contributed by atoms with E-state index in [1.54, 1.807) is 6.92 Å². The number of rotatable bonds is 4. The minimum atomic E-state index is 0.198. The SMILES string of the molecule is CCC(C)(CC(C)=O)CC(C)(C)C. The van der Waals surface area contributed by atoms with Crippen molar-refractivity contribution in [1.29, 1.82) is 0 Å². The summed E-state index contributed by atoms with van der Waals surface area (Å²) in [5.74, 6) is 0.314. The molecule has 0 saturated carbocycles. The fourth-order valence-electron chi connectivity index (χ4n) is 2.19. The molecule has 0 amide bonds. The van der Waals surface area contributed by atoms with E-state index < -0.39 is 0 Å². The van der Waals surface area contributed by atoms with Crippen molar-refractivity contribution in [3.05, 3.63) is 0 Å². The van der Waals surface area contributed by atoms with Gasteiger partial charge in [0.25, 0.3) is 0 Å². The van der Waals surface area contributed by atoms with Crippen LogP contribution < -0.4 is 0 Å². The Labute approximate surface area is 82.9 Å². The molecule has 0 aromatic rings. The van der Waals surface area contributed by atoms with Gasteiger partial charge in [-0.1, -0.05) is 41.0 Å². The van der Waals surface area contributed by atoms with Crippen LogP contribution in [0.5, 0.6) is 0 Å². The van der Waals surface area contributed by atoms with E-state index in [-0.39, 0.29) is 5.41 Å². The molecular formula is C12H24O. The molecule has 0 aromatic carbocycles. The van der Waals surface area contributed by atoms with Gasteiger partial charge in [-0.15, -0.1) is 0 Å². The number of hydrogen-bond donors (Lipinski definition) is 0. The van der Waals surface area contributed by atoms with Gasteiger partial charge in [0, 0.05) is 6.42 Å². The first-order valence-electron chi connectivity index (χ1n) is 5.18. The standard InChI is InChI=1S/C12H24O/c1-7-12(6,8-10(2)13)9-11(3,4)5/h7-9H2,1-6H3. The Kier molecular flexibility index (Phi) is 4.15. The van der Waals surface area contributed by atoms with E-state index in [9.17, 15) is 4.79 Å². The Morgan fingerprint density at radius 2 is 1.62 bits per heavy atom. The van der Waals surface area contributed by atoms with E-state index in [0.717, 1.165) is 19.3 Å². The van der Waals surface area contributed by atoms with E-state index in [0.29, 0.717) is 11.2 Å². The minimum absolute atomic E-state index is 0.198. The number of ketones is 1. The highest BCUT2D eigenvalue weighted by Gasteiger charge is 2.29. The molecule has 1 heteroatoms. The summed E-state index contributed by atoms with van der Waals surface area (Å²) in [6, 6.07) is 0. The average Bonchev–Trinajstić information content (AvgIpc) is 1.81. The predicted molar refractivity (Wildman–Crippen MR) is 57.8 cm³/mol. The van der Waals surface area contributed by atoms with Crippen LogP contribution in [-0.2, 0) is 4.79 Å². The Bertz CT molecular complexity index is 176. The third kappa shape index (κ3) is 5.84. The van der Waals surface area contributed by atoms with E-state index >= 15 is 0 Å². The van der Waals surface area contributed by atoms with Crippen LogP contribution in [0.15, 0.2) is 0 Å². The monoisotopic (exact) mass is 184 g/mol. The van der Waals surface area contributed by atoms with Crippen molar-refractivity contribution >= 4 is 5.78 Å². The summed E-state index contributed by atoms with van der Waals surface area (Å²) in [5, 5.41) is 0. The normalized spacial score (nSPS) is 16.8.